The van der Waals surface area contributed by atoms with Crippen molar-refractivity contribution in [3.8, 4) is 0 Å². The first-order valence-electron chi connectivity index (χ1n) is 6.37. The lowest BCUT2D eigenvalue weighted by Gasteiger charge is -2.10. The summed E-state index contributed by atoms with van der Waals surface area (Å²) in [6.45, 7) is 1.76. The van der Waals surface area contributed by atoms with E-state index in [1.165, 1.54) is 14.2 Å². The van der Waals surface area contributed by atoms with Gasteiger partial charge in [0, 0.05) is 18.0 Å². The largest absolute Gasteiger partial charge is 0.466 e. The van der Waals surface area contributed by atoms with E-state index in [1.54, 1.807) is 25.4 Å². The standard InChI is InChI=1S/C14H16N4O4S/c1-9(10-5-4-6-15-8-10)17-18-14(23)16-11(13(20)22-3)7-12(19)21-2/h4-8H,1-3H3,(H2,16,18,23)/b11-7-,17-9+. The molecular weight excluding hydrogens is 320 g/mol. The average Bonchev–Trinajstić information content (AvgIpc) is 2.58. The van der Waals surface area contributed by atoms with Crippen LogP contribution in [-0.4, -0.2) is 42.0 Å². The van der Waals surface area contributed by atoms with Crippen LogP contribution in [0.3, 0.4) is 0 Å². The minimum absolute atomic E-state index is 0.00814. The van der Waals surface area contributed by atoms with Crippen molar-refractivity contribution in [3.05, 3.63) is 41.9 Å². The number of hydrogen-bond acceptors (Lipinski definition) is 7. The van der Waals surface area contributed by atoms with Gasteiger partial charge in [0.25, 0.3) is 0 Å². The number of nitrogens with one attached hydrogen (secondary N) is 2. The topological polar surface area (TPSA) is 102 Å². The fourth-order valence-electron chi connectivity index (χ4n) is 1.36. The molecule has 2 N–H and O–H groups in total. The zero-order chi connectivity index (χ0) is 17.2. The maximum Gasteiger partial charge on any atom is 0.354 e. The smallest absolute Gasteiger partial charge is 0.354 e. The molecule has 0 aliphatic rings. The van der Waals surface area contributed by atoms with Gasteiger partial charge in [-0.1, -0.05) is 6.07 Å². The van der Waals surface area contributed by atoms with Gasteiger partial charge in [-0.15, -0.1) is 0 Å². The summed E-state index contributed by atoms with van der Waals surface area (Å²) in [5.74, 6) is -1.50. The van der Waals surface area contributed by atoms with Crippen molar-refractivity contribution in [1.82, 2.24) is 15.7 Å². The molecule has 122 valence electrons. The number of pyridine rings is 1. The Bertz CT molecular complexity index is 643. The van der Waals surface area contributed by atoms with Crippen molar-refractivity contribution in [3.63, 3.8) is 0 Å². The molecule has 1 aromatic rings. The van der Waals surface area contributed by atoms with Gasteiger partial charge in [-0.2, -0.15) is 5.10 Å². The van der Waals surface area contributed by atoms with E-state index in [4.69, 9.17) is 12.2 Å². The molecule has 0 radical (unpaired) electrons. The lowest BCUT2D eigenvalue weighted by Crippen LogP contribution is -2.35. The third kappa shape index (κ3) is 6.22. The first-order chi connectivity index (χ1) is 11.0. The number of esters is 2. The number of hydrazone groups is 1. The van der Waals surface area contributed by atoms with E-state index in [-0.39, 0.29) is 10.8 Å². The molecule has 0 saturated heterocycles. The van der Waals surface area contributed by atoms with Crippen LogP contribution in [0.2, 0.25) is 0 Å². The molecule has 1 aromatic heterocycles. The molecule has 0 aromatic carbocycles. The van der Waals surface area contributed by atoms with Gasteiger partial charge in [-0.3, -0.25) is 10.4 Å². The molecule has 9 heteroatoms. The maximum absolute atomic E-state index is 11.6. The zero-order valence-corrected chi connectivity index (χ0v) is 13.6. The van der Waals surface area contributed by atoms with E-state index in [0.717, 1.165) is 11.6 Å². The summed E-state index contributed by atoms with van der Waals surface area (Å²) in [4.78, 5) is 26.8. The Hall–Kier alpha value is -2.81. The summed E-state index contributed by atoms with van der Waals surface area (Å²) < 4.78 is 9.00. The van der Waals surface area contributed by atoms with Crippen molar-refractivity contribution < 1.29 is 19.1 Å². The van der Waals surface area contributed by atoms with Crippen LogP contribution in [0.1, 0.15) is 12.5 Å². The number of carbonyl (C=O) groups excluding carboxylic acids is 2. The fourth-order valence-corrected chi connectivity index (χ4v) is 1.51. The SMILES string of the molecule is COC(=O)/C=C(\NC(=S)N/N=C(\C)c1cccnc1)C(=O)OC. The average molecular weight is 336 g/mol. The predicted molar refractivity (Wildman–Crippen MR) is 87.4 cm³/mol. The van der Waals surface area contributed by atoms with E-state index in [2.05, 4.69) is 30.3 Å². The molecule has 0 bridgehead atoms. The van der Waals surface area contributed by atoms with Crippen LogP contribution in [0.5, 0.6) is 0 Å². The van der Waals surface area contributed by atoms with Gasteiger partial charge < -0.3 is 14.8 Å². The molecule has 0 unspecified atom stereocenters. The van der Waals surface area contributed by atoms with Crippen LogP contribution >= 0.6 is 12.2 Å². The third-order valence-electron chi connectivity index (χ3n) is 2.52. The van der Waals surface area contributed by atoms with Gasteiger partial charge in [-0.05, 0) is 25.2 Å². The molecule has 1 heterocycles. The molecule has 0 atom stereocenters. The Morgan fingerprint density at radius 2 is 2.09 bits per heavy atom. The molecule has 0 saturated carbocycles. The van der Waals surface area contributed by atoms with Crippen LogP contribution in [0.15, 0.2) is 41.4 Å². The van der Waals surface area contributed by atoms with Crippen LogP contribution < -0.4 is 10.7 Å². The van der Waals surface area contributed by atoms with Gasteiger partial charge in [0.05, 0.1) is 26.0 Å². The monoisotopic (exact) mass is 336 g/mol. The highest BCUT2D eigenvalue weighted by atomic mass is 32.1. The zero-order valence-electron chi connectivity index (χ0n) is 12.8. The van der Waals surface area contributed by atoms with Gasteiger partial charge in [-0.25, -0.2) is 9.59 Å². The summed E-state index contributed by atoms with van der Waals surface area (Å²) in [5, 5.41) is 6.59. The normalized spacial score (nSPS) is 11.4. The predicted octanol–water partition coefficient (Wildman–Crippen LogP) is 0.500. The van der Waals surface area contributed by atoms with E-state index in [1.807, 2.05) is 6.07 Å². The number of rotatable bonds is 5. The van der Waals surface area contributed by atoms with Gasteiger partial charge >= 0.3 is 11.9 Å². The fraction of sp³-hybridized carbons (Fsp3) is 0.214. The first kappa shape index (κ1) is 18.2. The highest BCUT2D eigenvalue weighted by molar-refractivity contribution is 7.80. The second-order valence-electron chi connectivity index (χ2n) is 4.08. The second-order valence-corrected chi connectivity index (χ2v) is 4.49. The molecule has 1 rings (SSSR count). The van der Waals surface area contributed by atoms with Crippen LogP contribution in [0.25, 0.3) is 0 Å². The molecule has 0 spiro atoms. The van der Waals surface area contributed by atoms with E-state index in [0.29, 0.717) is 5.71 Å². The van der Waals surface area contributed by atoms with Crippen LogP contribution in [0, 0.1) is 0 Å². The van der Waals surface area contributed by atoms with E-state index < -0.39 is 11.9 Å². The molecular formula is C14H16N4O4S. The van der Waals surface area contributed by atoms with Crippen molar-refractivity contribution in [2.24, 2.45) is 5.10 Å². The quantitative estimate of drug-likeness (QED) is 0.263. The number of aromatic nitrogens is 1. The Balaban J connectivity index is 2.75. The molecule has 23 heavy (non-hydrogen) atoms. The second kappa shape index (κ2) is 9.26. The third-order valence-corrected chi connectivity index (χ3v) is 2.71. The minimum Gasteiger partial charge on any atom is -0.466 e. The lowest BCUT2D eigenvalue weighted by molar-refractivity contribution is -0.138. The molecule has 8 nitrogen and oxygen atoms in total. The molecule has 0 amide bonds. The van der Waals surface area contributed by atoms with Gasteiger partial charge in [0.1, 0.15) is 5.70 Å². The summed E-state index contributed by atoms with van der Waals surface area (Å²) in [6, 6.07) is 3.61. The van der Waals surface area contributed by atoms with E-state index in [9.17, 15) is 9.59 Å². The number of methoxy groups -OCH3 is 2. The van der Waals surface area contributed by atoms with Crippen molar-refractivity contribution in [2.75, 3.05) is 14.2 Å². The molecule has 0 fully saturated rings. The highest BCUT2D eigenvalue weighted by Crippen LogP contribution is 1.98. The van der Waals surface area contributed by atoms with Gasteiger partial charge in [0.2, 0.25) is 0 Å². The van der Waals surface area contributed by atoms with E-state index >= 15 is 0 Å². The Morgan fingerprint density at radius 1 is 1.35 bits per heavy atom. The first-order valence-corrected chi connectivity index (χ1v) is 6.78. The maximum atomic E-state index is 11.6. The minimum atomic E-state index is -0.771. The molecule has 0 aliphatic carbocycles. The summed E-state index contributed by atoms with van der Waals surface area (Å²) in [5.41, 5.74) is 3.83. The Morgan fingerprint density at radius 3 is 2.65 bits per heavy atom. The van der Waals surface area contributed by atoms with Crippen molar-refractivity contribution >= 4 is 35.0 Å². The Labute approximate surface area is 138 Å². The number of ether oxygens (including phenoxy) is 2. The number of nitrogens with zero attached hydrogens (tertiary/aromatic N) is 2. The summed E-state index contributed by atoms with van der Waals surface area (Å²) >= 11 is 5.01. The van der Waals surface area contributed by atoms with Crippen LogP contribution in [0.4, 0.5) is 0 Å². The number of hydrogen-bond donors (Lipinski definition) is 2. The number of thiocarbonyl (C=S) groups is 1. The molecule has 0 aliphatic heterocycles. The highest BCUT2D eigenvalue weighted by Gasteiger charge is 2.13. The van der Waals surface area contributed by atoms with Gasteiger partial charge in [0.15, 0.2) is 5.11 Å². The van der Waals surface area contributed by atoms with Crippen molar-refractivity contribution in [1.29, 1.82) is 0 Å². The van der Waals surface area contributed by atoms with Crippen LogP contribution in [-0.2, 0) is 19.1 Å². The Kier molecular flexibility index (Phi) is 7.34. The number of carbonyl (C=O) groups is 2. The lowest BCUT2D eigenvalue weighted by atomic mass is 10.2. The summed E-state index contributed by atoms with van der Waals surface area (Å²) in [7, 11) is 2.36. The summed E-state index contributed by atoms with van der Waals surface area (Å²) in [6.07, 6.45) is 4.22. The van der Waals surface area contributed by atoms with Crippen molar-refractivity contribution in [2.45, 2.75) is 6.92 Å².